The number of likely N-dealkylation sites (tertiary alicyclic amines) is 1. The molecule has 2 heterocycles. The van der Waals surface area contributed by atoms with Crippen molar-refractivity contribution in [1.82, 2.24) is 14.8 Å². The maximum absolute atomic E-state index is 11.9. The second-order valence-electron chi connectivity index (χ2n) is 7.50. The third-order valence-electron chi connectivity index (χ3n) is 5.32. The van der Waals surface area contributed by atoms with Crippen molar-refractivity contribution < 1.29 is 4.79 Å². The SMILES string of the molecule is Cc1ccccc1Cc1cccc(C2CCN(CC(=O)N(C)C)CC2)n1. The van der Waals surface area contributed by atoms with Crippen LogP contribution in [0.5, 0.6) is 0 Å². The van der Waals surface area contributed by atoms with Gasteiger partial charge in [-0.15, -0.1) is 0 Å². The lowest BCUT2D eigenvalue weighted by Gasteiger charge is -2.31. The Kier molecular flexibility index (Phi) is 6.04. The van der Waals surface area contributed by atoms with Gasteiger partial charge >= 0.3 is 0 Å². The molecule has 0 spiro atoms. The Hall–Kier alpha value is -2.20. The van der Waals surface area contributed by atoms with Gasteiger partial charge in [0.05, 0.1) is 6.54 Å². The number of pyridine rings is 1. The summed E-state index contributed by atoms with van der Waals surface area (Å²) in [6.07, 6.45) is 3.03. The fraction of sp³-hybridized carbons (Fsp3) is 0.455. The van der Waals surface area contributed by atoms with Crippen molar-refractivity contribution >= 4 is 5.91 Å². The monoisotopic (exact) mass is 351 g/mol. The van der Waals surface area contributed by atoms with E-state index in [1.54, 1.807) is 4.90 Å². The van der Waals surface area contributed by atoms with Crippen LogP contribution in [0.3, 0.4) is 0 Å². The molecule has 2 aromatic rings. The van der Waals surface area contributed by atoms with Gasteiger partial charge in [-0.25, -0.2) is 0 Å². The topological polar surface area (TPSA) is 36.4 Å². The molecular weight excluding hydrogens is 322 g/mol. The number of piperidine rings is 1. The second-order valence-corrected chi connectivity index (χ2v) is 7.50. The Bertz CT molecular complexity index is 749. The molecule has 1 aromatic carbocycles. The van der Waals surface area contributed by atoms with E-state index < -0.39 is 0 Å². The first-order valence-corrected chi connectivity index (χ1v) is 9.46. The molecule has 0 bridgehead atoms. The van der Waals surface area contributed by atoms with Gasteiger partial charge in [-0.1, -0.05) is 30.3 Å². The van der Waals surface area contributed by atoms with E-state index in [1.807, 2.05) is 14.1 Å². The van der Waals surface area contributed by atoms with Gasteiger partial charge < -0.3 is 4.90 Å². The Morgan fingerprint density at radius 2 is 1.85 bits per heavy atom. The zero-order valence-electron chi connectivity index (χ0n) is 16.1. The minimum atomic E-state index is 0.182. The van der Waals surface area contributed by atoms with Crippen LogP contribution in [-0.2, 0) is 11.2 Å². The number of benzene rings is 1. The van der Waals surface area contributed by atoms with E-state index >= 15 is 0 Å². The molecule has 1 aliphatic rings. The number of likely N-dealkylation sites (N-methyl/N-ethyl adjacent to an activating group) is 1. The Morgan fingerprint density at radius 3 is 2.54 bits per heavy atom. The Labute approximate surface area is 156 Å². The molecule has 4 heteroatoms. The van der Waals surface area contributed by atoms with E-state index in [1.165, 1.54) is 16.8 Å². The average molecular weight is 351 g/mol. The van der Waals surface area contributed by atoms with Crippen LogP contribution in [0, 0.1) is 6.92 Å². The molecule has 0 N–H and O–H groups in total. The molecular formula is C22H29N3O. The predicted octanol–water partition coefficient (Wildman–Crippen LogP) is 3.25. The number of carbonyl (C=O) groups is 1. The van der Waals surface area contributed by atoms with E-state index in [2.05, 4.69) is 54.3 Å². The fourth-order valence-electron chi connectivity index (χ4n) is 3.55. The first-order chi connectivity index (χ1) is 12.5. The van der Waals surface area contributed by atoms with Crippen LogP contribution < -0.4 is 0 Å². The zero-order chi connectivity index (χ0) is 18.5. The van der Waals surface area contributed by atoms with Crippen LogP contribution in [0.4, 0.5) is 0 Å². The highest BCUT2D eigenvalue weighted by Crippen LogP contribution is 2.27. The van der Waals surface area contributed by atoms with Crippen molar-refractivity contribution in [2.75, 3.05) is 33.7 Å². The summed E-state index contributed by atoms with van der Waals surface area (Å²) in [6, 6.07) is 14.9. The standard InChI is InChI=1S/C22H29N3O/c1-17-7-4-5-8-19(17)15-20-9-6-10-21(23-20)18-11-13-25(14-12-18)16-22(26)24(2)3/h4-10,18H,11-16H2,1-3H3. The molecule has 1 saturated heterocycles. The van der Waals surface area contributed by atoms with Gasteiger partial charge in [-0.2, -0.15) is 0 Å². The van der Waals surface area contributed by atoms with Gasteiger partial charge in [-0.3, -0.25) is 14.7 Å². The van der Waals surface area contributed by atoms with Crippen molar-refractivity contribution in [3.8, 4) is 0 Å². The third kappa shape index (κ3) is 4.70. The number of aryl methyl sites for hydroxylation is 1. The summed E-state index contributed by atoms with van der Waals surface area (Å²) in [5.74, 6) is 0.680. The summed E-state index contributed by atoms with van der Waals surface area (Å²) in [5.41, 5.74) is 5.00. The first-order valence-electron chi connectivity index (χ1n) is 9.46. The van der Waals surface area contributed by atoms with Gasteiger partial charge in [-0.05, 0) is 56.1 Å². The van der Waals surface area contributed by atoms with Crippen molar-refractivity contribution in [2.45, 2.75) is 32.1 Å². The smallest absolute Gasteiger partial charge is 0.236 e. The largest absolute Gasteiger partial charge is 0.348 e. The second kappa shape index (κ2) is 8.45. The number of aromatic nitrogens is 1. The molecule has 3 rings (SSSR count). The summed E-state index contributed by atoms with van der Waals surface area (Å²) in [5, 5.41) is 0. The van der Waals surface area contributed by atoms with Crippen molar-refractivity contribution in [3.05, 3.63) is 65.0 Å². The number of carbonyl (C=O) groups excluding carboxylic acids is 1. The minimum absolute atomic E-state index is 0.182. The van der Waals surface area contributed by atoms with Crippen LogP contribution in [0.25, 0.3) is 0 Å². The van der Waals surface area contributed by atoms with Crippen molar-refractivity contribution in [2.24, 2.45) is 0 Å². The highest BCUT2D eigenvalue weighted by atomic mass is 16.2. The van der Waals surface area contributed by atoms with Crippen LogP contribution >= 0.6 is 0 Å². The minimum Gasteiger partial charge on any atom is -0.348 e. The summed E-state index contributed by atoms with van der Waals surface area (Å²) in [7, 11) is 3.64. The molecule has 1 aliphatic heterocycles. The summed E-state index contributed by atoms with van der Waals surface area (Å²) in [4.78, 5) is 20.8. The molecule has 1 amide bonds. The summed E-state index contributed by atoms with van der Waals surface area (Å²) < 4.78 is 0. The van der Waals surface area contributed by atoms with Crippen molar-refractivity contribution in [3.63, 3.8) is 0 Å². The van der Waals surface area contributed by atoms with Crippen molar-refractivity contribution in [1.29, 1.82) is 0 Å². The van der Waals surface area contributed by atoms with E-state index in [9.17, 15) is 4.79 Å². The Balaban J connectivity index is 1.61. The molecule has 0 saturated carbocycles. The molecule has 26 heavy (non-hydrogen) atoms. The molecule has 0 atom stereocenters. The lowest BCUT2D eigenvalue weighted by molar-refractivity contribution is -0.130. The highest BCUT2D eigenvalue weighted by Gasteiger charge is 2.23. The molecule has 1 fully saturated rings. The van der Waals surface area contributed by atoms with E-state index in [4.69, 9.17) is 4.98 Å². The van der Waals surface area contributed by atoms with E-state index in [-0.39, 0.29) is 5.91 Å². The molecule has 1 aromatic heterocycles. The molecule has 138 valence electrons. The predicted molar refractivity (Wildman–Crippen MR) is 105 cm³/mol. The number of amides is 1. The van der Waals surface area contributed by atoms with Gasteiger partial charge in [0.15, 0.2) is 0 Å². The maximum Gasteiger partial charge on any atom is 0.236 e. The summed E-state index contributed by atoms with van der Waals surface area (Å²) in [6.45, 7) is 4.62. The normalized spacial score (nSPS) is 15.8. The molecule has 0 radical (unpaired) electrons. The number of rotatable bonds is 5. The fourth-order valence-corrected chi connectivity index (χ4v) is 3.55. The molecule has 0 unspecified atom stereocenters. The summed E-state index contributed by atoms with van der Waals surface area (Å²) >= 11 is 0. The highest BCUT2D eigenvalue weighted by molar-refractivity contribution is 5.77. The van der Waals surface area contributed by atoms with Crippen LogP contribution in [-0.4, -0.2) is 54.4 Å². The lowest BCUT2D eigenvalue weighted by atomic mass is 9.92. The number of hydrogen-bond acceptors (Lipinski definition) is 3. The van der Waals surface area contributed by atoms with Crippen LogP contribution in [0.15, 0.2) is 42.5 Å². The Morgan fingerprint density at radius 1 is 1.12 bits per heavy atom. The van der Waals surface area contributed by atoms with Gasteiger partial charge in [0.1, 0.15) is 0 Å². The number of hydrogen-bond donors (Lipinski definition) is 0. The maximum atomic E-state index is 11.9. The van der Waals surface area contributed by atoms with Crippen LogP contribution in [0.2, 0.25) is 0 Å². The van der Waals surface area contributed by atoms with Gasteiger partial charge in [0.25, 0.3) is 0 Å². The van der Waals surface area contributed by atoms with Crippen LogP contribution in [0.1, 0.15) is 41.3 Å². The third-order valence-corrected chi connectivity index (χ3v) is 5.32. The van der Waals surface area contributed by atoms with Gasteiger partial charge in [0, 0.05) is 37.8 Å². The van der Waals surface area contributed by atoms with E-state index in [0.717, 1.165) is 38.0 Å². The van der Waals surface area contributed by atoms with E-state index in [0.29, 0.717) is 12.5 Å². The molecule has 0 aliphatic carbocycles. The zero-order valence-corrected chi connectivity index (χ0v) is 16.1. The lowest BCUT2D eigenvalue weighted by Crippen LogP contribution is -2.40. The first kappa shape index (κ1) is 18.6. The number of nitrogens with zero attached hydrogens (tertiary/aromatic N) is 3. The van der Waals surface area contributed by atoms with Gasteiger partial charge in [0.2, 0.25) is 5.91 Å². The molecule has 4 nitrogen and oxygen atoms in total. The quantitative estimate of drug-likeness (QED) is 0.830. The average Bonchev–Trinajstić information content (AvgIpc) is 2.64.